The van der Waals surface area contributed by atoms with Crippen molar-refractivity contribution in [3.8, 4) is 5.75 Å². The number of hydrogen-bond acceptors (Lipinski definition) is 4. The van der Waals surface area contributed by atoms with Gasteiger partial charge < -0.3 is 9.64 Å². The minimum atomic E-state index is 0.172. The van der Waals surface area contributed by atoms with Crippen LogP contribution in [0.15, 0.2) is 36.4 Å². The number of amides is 1. The van der Waals surface area contributed by atoms with E-state index < -0.39 is 0 Å². The molecule has 6 heteroatoms. The van der Waals surface area contributed by atoms with Gasteiger partial charge in [-0.2, -0.15) is 5.10 Å². The average molecular weight is 411 g/mol. The number of rotatable bonds is 6. The number of hydrogen-bond donors (Lipinski definition) is 0. The zero-order valence-corrected chi connectivity index (χ0v) is 18.6. The monoisotopic (exact) mass is 410 g/mol. The van der Waals surface area contributed by atoms with Crippen LogP contribution < -0.4 is 4.74 Å². The van der Waals surface area contributed by atoms with Crippen LogP contribution in [0.2, 0.25) is 0 Å². The number of ether oxygens (including phenoxy) is 1. The topological polar surface area (TPSA) is 50.6 Å². The van der Waals surface area contributed by atoms with Crippen molar-refractivity contribution in [2.45, 2.75) is 65.3 Å². The van der Waals surface area contributed by atoms with Crippen molar-refractivity contribution in [3.05, 3.63) is 47.8 Å². The largest absolute Gasteiger partial charge is 0.487 e. The number of para-hydroxylation sites is 1. The van der Waals surface area contributed by atoms with Crippen molar-refractivity contribution in [1.82, 2.24) is 19.6 Å². The molecule has 1 aromatic heterocycles. The molecule has 3 heterocycles. The third-order valence-electron chi connectivity index (χ3n) is 6.61. The fourth-order valence-electron chi connectivity index (χ4n) is 4.98. The Kier molecular flexibility index (Phi) is 6.14. The third-order valence-corrected chi connectivity index (χ3v) is 6.61. The number of carbonyl (C=O) groups excluding carboxylic acids is 1. The fourth-order valence-corrected chi connectivity index (χ4v) is 4.98. The van der Waals surface area contributed by atoms with E-state index in [0.717, 1.165) is 49.6 Å². The molecule has 0 aliphatic carbocycles. The summed E-state index contributed by atoms with van der Waals surface area (Å²) in [6.45, 7) is 11.5. The molecule has 30 heavy (non-hydrogen) atoms. The molecule has 6 nitrogen and oxygen atoms in total. The molecule has 2 aromatic rings. The number of nitrogens with zero attached hydrogens (tertiary/aromatic N) is 4. The standard InChI is InChI=1S/C24H34N4O2/c1-17(2)27-15-22(30-21-8-6-5-7-9-21)24(27)20-10-12-26(13-11-20)23(29)16-28-19(4)14-18(3)25-28/h5-9,14,17,20,22,24H,10-13,15-16H2,1-4H3/t22-,24-/m0/s1. The maximum atomic E-state index is 12.8. The van der Waals surface area contributed by atoms with Crippen molar-refractivity contribution in [2.75, 3.05) is 19.6 Å². The second kappa shape index (κ2) is 8.80. The summed E-state index contributed by atoms with van der Waals surface area (Å²) in [5.41, 5.74) is 2.00. The predicted molar refractivity (Wildman–Crippen MR) is 117 cm³/mol. The summed E-state index contributed by atoms with van der Waals surface area (Å²) in [4.78, 5) is 17.4. The Labute approximate surface area is 179 Å². The van der Waals surface area contributed by atoms with Crippen LogP contribution >= 0.6 is 0 Å². The first-order valence-corrected chi connectivity index (χ1v) is 11.2. The molecule has 0 unspecified atom stereocenters. The van der Waals surface area contributed by atoms with Crippen LogP contribution in [0.3, 0.4) is 0 Å². The molecule has 0 radical (unpaired) electrons. The highest BCUT2D eigenvalue weighted by molar-refractivity contribution is 5.76. The van der Waals surface area contributed by atoms with E-state index in [9.17, 15) is 4.79 Å². The molecule has 0 N–H and O–H groups in total. The zero-order valence-electron chi connectivity index (χ0n) is 18.6. The maximum absolute atomic E-state index is 12.8. The summed E-state index contributed by atoms with van der Waals surface area (Å²) in [5.74, 6) is 1.69. The first-order chi connectivity index (χ1) is 14.4. The van der Waals surface area contributed by atoms with E-state index in [4.69, 9.17) is 4.74 Å². The van der Waals surface area contributed by atoms with Gasteiger partial charge in [-0.1, -0.05) is 18.2 Å². The van der Waals surface area contributed by atoms with E-state index in [-0.39, 0.29) is 12.0 Å². The SMILES string of the molecule is Cc1cc(C)n(CC(=O)N2CCC([C@H]3[C@@H](Oc4ccccc4)CN3C(C)C)CC2)n1. The second-order valence-electron chi connectivity index (χ2n) is 9.05. The normalized spacial score (nSPS) is 22.9. The first kappa shape index (κ1) is 20.9. The molecule has 2 aliphatic heterocycles. The third kappa shape index (κ3) is 4.38. The van der Waals surface area contributed by atoms with Gasteiger partial charge in [0, 0.05) is 31.4 Å². The summed E-state index contributed by atoms with van der Waals surface area (Å²) in [6.07, 6.45) is 2.30. The molecule has 1 aromatic carbocycles. The lowest BCUT2D eigenvalue weighted by molar-refractivity contribution is -0.136. The van der Waals surface area contributed by atoms with Gasteiger partial charge in [0.15, 0.2) is 0 Å². The Hall–Kier alpha value is -2.34. The number of benzene rings is 1. The molecular formula is C24H34N4O2. The smallest absolute Gasteiger partial charge is 0.244 e. The van der Waals surface area contributed by atoms with E-state index in [0.29, 0.717) is 24.5 Å². The average Bonchev–Trinajstić information content (AvgIpc) is 3.02. The Morgan fingerprint density at radius 1 is 1.17 bits per heavy atom. The number of carbonyl (C=O) groups is 1. The molecule has 2 saturated heterocycles. The molecule has 4 rings (SSSR count). The van der Waals surface area contributed by atoms with Crippen molar-refractivity contribution in [3.63, 3.8) is 0 Å². The highest BCUT2D eigenvalue weighted by Gasteiger charge is 2.47. The van der Waals surface area contributed by atoms with Gasteiger partial charge in [0.25, 0.3) is 0 Å². The second-order valence-corrected chi connectivity index (χ2v) is 9.05. The minimum absolute atomic E-state index is 0.172. The summed E-state index contributed by atoms with van der Waals surface area (Å²) in [5, 5.41) is 4.44. The molecule has 2 aliphatic rings. The molecule has 0 spiro atoms. The van der Waals surface area contributed by atoms with Crippen LogP contribution in [0.4, 0.5) is 0 Å². The van der Waals surface area contributed by atoms with E-state index in [1.165, 1.54) is 0 Å². The number of aryl methyl sites for hydroxylation is 2. The first-order valence-electron chi connectivity index (χ1n) is 11.2. The summed E-state index contributed by atoms with van der Waals surface area (Å²) in [6, 6.07) is 13.1. The molecule has 2 atom stereocenters. The van der Waals surface area contributed by atoms with E-state index in [1.54, 1.807) is 0 Å². The van der Waals surface area contributed by atoms with Gasteiger partial charge in [-0.15, -0.1) is 0 Å². The molecule has 0 saturated carbocycles. The lowest BCUT2D eigenvalue weighted by Crippen LogP contribution is -2.68. The lowest BCUT2D eigenvalue weighted by Gasteiger charge is -2.54. The van der Waals surface area contributed by atoms with Gasteiger partial charge in [0.1, 0.15) is 18.4 Å². The predicted octanol–water partition coefficient (Wildman–Crippen LogP) is 3.28. The molecule has 2 fully saturated rings. The Bertz CT molecular complexity index is 855. The molecule has 0 bridgehead atoms. The van der Waals surface area contributed by atoms with Gasteiger partial charge in [0.05, 0.1) is 11.7 Å². The lowest BCUT2D eigenvalue weighted by atomic mass is 9.79. The van der Waals surface area contributed by atoms with Crippen molar-refractivity contribution < 1.29 is 9.53 Å². The number of aromatic nitrogens is 2. The minimum Gasteiger partial charge on any atom is -0.487 e. The van der Waals surface area contributed by atoms with Crippen molar-refractivity contribution in [2.24, 2.45) is 5.92 Å². The molecule has 162 valence electrons. The quantitative estimate of drug-likeness (QED) is 0.733. The Morgan fingerprint density at radius 3 is 2.47 bits per heavy atom. The summed E-state index contributed by atoms with van der Waals surface area (Å²) < 4.78 is 8.15. The van der Waals surface area contributed by atoms with Crippen molar-refractivity contribution in [1.29, 1.82) is 0 Å². The number of likely N-dealkylation sites (tertiary alicyclic amines) is 2. The van der Waals surface area contributed by atoms with Gasteiger partial charge >= 0.3 is 0 Å². The van der Waals surface area contributed by atoms with Crippen LogP contribution in [0, 0.1) is 19.8 Å². The van der Waals surface area contributed by atoms with Crippen molar-refractivity contribution >= 4 is 5.91 Å². The van der Waals surface area contributed by atoms with Gasteiger partial charge in [0.2, 0.25) is 5.91 Å². The summed E-state index contributed by atoms with van der Waals surface area (Å²) >= 11 is 0. The molecule has 1 amide bonds. The zero-order chi connectivity index (χ0) is 21.3. The Morgan fingerprint density at radius 2 is 1.87 bits per heavy atom. The number of piperidine rings is 1. The maximum Gasteiger partial charge on any atom is 0.244 e. The van der Waals surface area contributed by atoms with Crippen LogP contribution in [0.1, 0.15) is 38.1 Å². The Balaban J connectivity index is 1.35. The van der Waals surface area contributed by atoms with Gasteiger partial charge in [-0.3, -0.25) is 14.4 Å². The van der Waals surface area contributed by atoms with Crippen LogP contribution in [-0.4, -0.2) is 63.3 Å². The van der Waals surface area contributed by atoms with Crippen LogP contribution in [-0.2, 0) is 11.3 Å². The fraction of sp³-hybridized carbons (Fsp3) is 0.583. The van der Waals surface area contributed by atoms with Crippen LogP contribution in [0.5, 0.6) is 5.75 Å². The molecular weight excluding hydrogens is 376 g/mol. The van der Waals surface area contributed by atoms with Gasteiger partial charge in [-0.25, -0.2) is 0 Å². The van der Waals surface area contributed by atoms with Crippen LogP contribution in [0.25, 0.3) is 0 Å². The van der Waals surface area contributed by atoms with E-state index in [2.05, 4.69) is 23.8 Å². The van der Waals surface area contributed by atoms with E-state index >= 15 is 0 Å². The van der Waals surface area contributed by atoms with E-state index in [1.807, 2.05) is 59.8 Å². The van der Waals surface area contributed by atoms with Gasteiger partial charge in [-0.05, 0) is 64.7 Å². The summed E-state index contributed by atoms with van der Waals surface area (Å²) in [7, 11) is 0. The highest BCUT2D eigenvalue weighted by atomic mass is 16.5. The highest BCUT2D eigenvalue weighted by Crippen LogP contribution is 2.36.